The number of nitrogens with one attached hydrogen (secondary N) is 1. The molecule has 0 saturated carbocycles. The Labute approximate surface area is 120 Å². The summed E-state index contributed by atoms with van der Waals surface area (Å²) >= 11 is 0. The first-order chi connectivity index (χ1) is 9.53. The summed E-state index contributed by atoms with van der Waals surface area (Å²) in [5.41, 5.74) is 1.07. The lowest BCUT2D eigenvalue weighted by Gasteiger charge is -2.25. The molecule has 20 heavy (non-hydrogen) atoms. The maximum Gasteiger partial charge on any atom is 0.156 e. The van der Waals surface area contributed by atoms with Gasteiger partial charge in [0.1, 0.15) is 0 Å². The van der Waals surface area contributed by atoms with Crippen LogP contribution in [0.3, 0.4) is 0 Å². The minimum absolute atomic E-state index is 0.121. The van der Waals surface area contributed by atoms with E-state index < -0.39 is 0 Å². The number of hydrogen-bond donors (Lipinski definition) is 2. The first-order valence-corrected chi connectivity index (χ1v) is 7.10. The summed E-state index contributed by atoms with van der Waals surface area (Å²) in [6.07, 6.45) is 1.81. The SMILES string of the molecule is Cc1nnc(NCC(C)(C)CCCO)c2ccccc12. The van der Waals surface area contributed by atoms with Crippen molar-refractivity contribution in [3.63, 3.8) is 0 Å². The summed E-state index contributed by atoms with van der Waals surface area (Å²) in [6, 6.07) is 8.18. The summed E-state index contributed by atoms with van der Waals surface area (Å²) in [6.45, 7) is 7.43. The zero-order chi connectivity index (χ0) is 14.6. The van der Waals surface area contributed by atoms with Gasteiger partial charge in [-0.25, -0.2) is 0 Å². The second-order valence-corrected chi connectivity index (χ2v) is 6.02. The maximum atomic E-state index is 8.94. The average Bonchev–Trinajstić information content (AvgIpc) is 2.45. The second-order valence-electron chi connectivity index (χ2n) is 6.02. The summed E-state index contributed by atoms with van der Waals surface area (Å²) in [5.74, 6) is 0.836. The Morgan fingerprint density at radius 1 is 1.15 bits per heavy atom. The molecular weight excluding hydrogens is 250 g/mol. The summed E-state index contributed by atoms with van der Waals surface area (Å²) < 4.78 is 0. The molecule has 0 aliphatic heterocycles. The summed E-state index contributed by atoms with van der Waals surface area (Å²) in [4.78, 5) is 0. The van der Waals surface area contributed by atoms with Crippen molar-refractivity contribution < 1.29 is 5.11 Å². The van der Waals surface area contributed by atoms with Gasteiger partial charge in [-0.2, -0.15) is 5.10 Å². The number of rotatable bonds is 6. The number of aliphatic hydroxyl groups is 1. The van der Waals surface area contributed by atoms with Crippen molar-refractivity contribution in [2.75, 3.05) is 18.5 Å². The minimum Gasteiger partial charge on any atom is -0.396 e. The van der Waals surface area contributed by atoms with Crippen LogP contribution in [0.5, 0.6) is 0 Å². The Balaban J connectivity index is 2.16. The van der Waals surface area contributed by atoms with Crippen LogP contribution in [0.15, 0.2) is 24.3 Å². The highest BCUT2D eigenvalue weighted by Gasteiger charge is 2.18. The smallest absolute Gasteiger partial charge is 0.156 e. The molecule has 2 N–H and O–H groups in total. The summed E-state index contributed by atoms with van der Waals surface area (Å²) in [5, 5.41) is 23.1. The predicted octanol–water partition coefficient (Wildman–Crippen LogP) is 3.15. The zero-order valence-corrected chi connectivity index (χ0v) is 12.5. The molecule has 0 amide bonds. The van der Waals surface area contributed by atoms with Crippen LogP contribution in [0.1, 0.15) is 32.4 Å². The van der Waals surface area contributed by atoms with Crippen LogP contribution in [-0.2, 0) is 0 Å². The molecule has 2 aromatic rings. The number of nitrogens with zero attached hydrogens (tertiary/aromatic N) is 2. The highest BCUT2D eigenvalue weighted by Crippen LogP contribution is 2.26. The maximum absolute atomic E-state index is 8.94. The van der Waals surface area contributed by atoms with Crippen molar-refractivity contribution >= 4 is 16.6 Å². The lowest BCUT2D eigenvalue weighted by molar-refractivity contribution is 0.248. The van der Waals surface area contributed by atoms with Crippen LogP contribution in [0.25, 0.3) is 10.8 Å². The Morgan fingerprint density at radius 3 is 2.55 bits per heavy atom. The van der Waals surface area contributed by atoms with Gasteiger partial charge in [0.25, 0.3) is 0 Å². The Hall–Kier alpha value is -1.68. The van der Waals surface area contributed by atoms with Crippen molar-refractivity contribution in [2.24, 2.45) is 5.41 Å². The van der Waals surface area contributed by atoms with Crippen molar-refractivity contribution in [3.05, 3.63) is 30.0 Å². The molecule has 1 aromatic heterocycles. The van der Waals surface area contributed by atoms with Gasteiger partial charge in [-0.15, -0.1) is 5.10 Å². The Bertz CT molecular complexity index is 581. The molecule has 0 fully saturated rings. The van der Waals surface area contributed by atoms with E-state index >= 15 is 0 Å². The van der Waals surface area contributed by atoms with Crippen LogP contribution in [-0.4, -0.2) is 28.5 Å². The number of benzene rings is 1. The molecule has 1 heterocycles. The van der Waals surface area contributed by atoms with E-state index in [2.05, 4.69) is 41.5 Å². The van der Waals surface area contributed by atoms with E-state index in [0.29, 0.717) is 0 Å². The minimum atomic E-state index is 0.121. The molecule has 0 radical (unpaired) electrons. The monoisotopic (exact) mass is 273 g/mol. The zero-order valence-electron chi connectivity index (χ0n) is 12.5. The molecule has 0 aliphatic carbocycles. The number of aryl methyl sites for hydroxylation is 1. The first-order valence-electron chi connectivity index (χ1n) is 7.10. The van der Waals surface area contributed by atoms with E-state index in [1.54, 1.807) is 0 Å². The van der Waals surface area contributed by atoms with Gasteiger partial charge < -0.3 is 10.4 Å². The lowest BCUT2D eigenvalue weighted by atomic mass is 9.88. The fourth-order valence-electron chi connectivity index (χ4n) is 2.34. The molecule has 4 nitrogen and oxygen atoms in total. The molecule has 0 saturated heterocycles. The largest absolute Gasteiger partial charge is 0.396 e. The van der Waals surface area contributed by atoms with Gasteiger partial charge in [0.2, 0.25) is 0 Å². The van der Waals surface area contributed by atoms with Gasteiger partial charge in [0, 0.05) is 23.9 Å². The third kappa shape index (κ3) is 3.45. The summed E-state index contributed by atoms with van der Waals surface area (Å²) in [7, 11) is 0. The molecular formula is C16H23N3O. The molecule has 1 aromatic carbocycles. The van der Waals surface area contributed by atoms with E-state index in [1.165, 1.54) is 0 Å². The number of fused-ring (bicyclic) bond motifs is 1. The van der Waals surface area contributed by atoms with Gasteiger partial charge in [0.05, 0.1) is 5.69 Å². The fourth-order valence-corrected chi connectivity index (χ4v) is 2.34. The average molecular weight is 273 g/mol. The van der Waals surface area contributed by atoms with Gasteiger partial charge in [-0.05, 0) is 25.2 Å². The van der Waals surface area contributed by atoms with E-state index in [4.69, 9.17) is 5.11 Å². The fraction of sp³-hybridized carbons (Fsp3) is 0.500. The van der Waals surface area contributed by atoms with E-state index in [-0.39, 0.29) is 12.0 Å². The third-order valence-electron chi connectivity index (χ3n) is 3.62. The van der Waals surface area contributed by atoms with Crippen LogP contribution in [0.4, 0.5) is 5.82 Å². The first kappa shape index (κ1) is 14.7. The number of anilines is 1. The van der Waals surface area contributed by atoms with Crippen LogP contribution in [0, 0.1) is 12.3 Å². The predicted molar refractivity (Wildman–Crippen MR) is 82.9 cm³/mol. The Kier molecular flexibility index (Phi) is 4.55. The van der Waals surface area contributed by atoms with Crippen LogP contribution >= 0.6 is 0 Å². The van der Waals surface area contributed by atoms with Crippen molar-refractivity contribution in [3.8, 4) is 0 Å². The van der Waals surface area contributed by atoms with Crippen LogP contribution < -0.4 is 5.32 Å². The molecule has 0 bridgehead atoms. The second kappa shape index (κ2) is 6.18. The topological polar surface area (TPSA) is 58.0 Å². The molecule has 4 heteroatoms. The van der Waals surface area contributed by atoms with Crippen LogP contribution in [0.2, 0.25) is 0 Å². The molecule has 0 spiro atoms. The number of hydrogen-bond acceptors (Lipinski definition) is 4. The number of aromatic nitrogens is 2. The highest BCUT2D eigenvalue weighted by atomic mass is 16.2. The van der Waals surface area contributed by atoms with Crippen molar-refractivity contribution in [2.45, 2.75) is 33.6 Å². The van der Waals surface area contributed by atoms with Gasteiger partial charge >= 0.3 is 0 Å². The quantitative estimate of drug-likeness (QED) is 0.849. The van der Waals surface area contributed by atoms with Gasteiger partial charge in [-0.1, -0.05) is 38.1 Å². The molecule has 0 unspecified atom stereocenters. The van der Waals surface area contributed by atoms with E-state index in [0.717, 1.165) is 41.7 Å². The van der Waals surface area contributed by atoms with Gasteiger partial charge in [0.15, 0.2) is 5.82 Å². The number of aliphatic hydroxyl groups excluding tert-OH is 1. The highest BCUT2D eigenvalue weighted by molar-refractivity contribution is 5.92. The Morgan fingerprint density at radius 2 is 1.85 bits per heavy atom. The van der Waals surface area contributed by atoms with Crippen molar-refractivity contribution in [1.82, 2.24) is 10.2 Å². The lowest BCUT2D eigenvalue weighted by Crippen LogP contribution is -2.24. The van der Waals surface area contributed by atoms with Gasteiger partial charge in [-0.3, -0.25) is 0 Å². The normalized spacial score (nSPS) is 11.8. The molecule has 2 rings (SSSR count). The molecule has 0 aliphatic rings. The standard InChI is InChI=1S/C16H23N3O/c1-12-13-7-4-5-8-14(13)15(19-18-12)17-11-16(2,3)9-6-10-20/h4-5,7-8,20H,6,9-11H2,1-3H3,(H,17,19). The van der Waals surface area contributed by atoms with E-state index in [1.807, 2.05) is 19.1 Å². The molecule has 108 valence electrons. The van der Waals surface area contributed by atoms with E-state index in [9.17, 15) is 0 Å². The third-order valence-corrected chi connectivity index (χ3v) is 3.62. The molecule has 0 atom stereocenters. The van der Waals surface area contributed by atoms with Crippen molar-refractivity contribution in [1.29, 1.82) is 0 Å².